The minimum Gasteiger partial charge on any atom is -0.489 e. The molecule has 1 fully saturated rings. The summed E-state index contributed by atoms with van der Waals surface area (Å²) < 4.78 is 16.9. The Morgan fingerprint density at radius 2 is 1.72 bits per heavy atom. The molecule has 0 amide bonds. The van der Waals surface area contributed by atoms with E-state index in [9.17, 15) is 9.90 Å². The Morgan fingerprint density at radius 3 is 2.48 bits per heavy atom. The first-order valence-corrected chi connectivity index (χ1v) is 9.44. The molecule has 4 rings (SSSR count). The van der Waals surface area contributed by atoms with Crippen molar-refractivity contribution in [3.8, 4) is 16.9 Å². The van der Waals surface area contributed by atoms with Crippen molar-refractivity contribution in [2.24, 2.45) is 0 Å². The van der Waals surface area contributed by atoms with Gasteiger partial charge in [-0.25, -0.2) is 4.79 Å². The van der Waals surface area contributed by atoms with E-state index in [1.165, 1.54) is 0 Å². The van der Waals surface area contributed by atoms with Gasteiger partial charge in [-0.3, -0.25) is 4.90 Å². The Kier molecular flexibility index (Phi) is 7.28. The number of morpholine rings is 1. The van der Waals surface area contributed by atoms with Gasteiger partial charge in [0.2, 0.25) is 0 Å². The molecule has 1 aliphatic rings. The maximum atomic E-state index is 12.7. The lowest BCUT2D eigenvalue weighted by Crippen LogP contribution is -2.42. The van der Waals surface area contributed by atoms with Gasteiger partial charge < -0.3 is 19.0 Å². The molecule has 0 aliphatic carbocycles. The van der Waals surface area contributed by atoms with Gasteiger partial charge in [-0.1, -0.05) is 42.5 Å². The molecule has 0 bridgehead atoms. The highest BCUT2D eigenvalue weighted by atomic mass is 35.5. The summed E-state index contributed by atoms with van der Waals surface area (Å²) in [6, 6.07) is 16.6. The summed E-state index contributed by atoms with van der Waals surface area (Å²) in [5.41, 5.74) is 1.10. The SMILES string of the molecule is Cl.O=c1oc2ccccc2c(OCC(O)CN2CCOCC2)c1-c1ccccc1. The van der Waals surface area contributed by atoms with Crippen molar-refractivity contribution in [1.29, 1.82) is 0 Å². The van der Waals surface area contributed by atoms with Crippen LogP contribution in [0, 0.1) is 0 Å². The first-order chi connectivity index (χ1) is 13.7. The largest absolute Gasteiger partial charge is 0.489 e. The van der Waals surface area contributed by atoms with Gasteiger partial charge in [0.15, 0.2) is 0 Å². The zero-order chi connectivity index (χ0) is 19.3. The number of aliphatic hydroxyl groups excluding tert-OH is 1. The summed E-state index contributed by atoms with van der Waals surface area (Å²) in [7, 11) is 0. The third-order valence-corrected chi connectivity index (χ3v) is 4.82. The number of para-hydroxylation sites is 1. The van der Waals surface area contributed by atoms with Crippen LogP contribution in [0.5, 0.6) is 5.75 Å². The van der Waals surface area contributed by atoms with Crippen LogP contribution in [-0.2, 0) is 4.74 Å². The molecule has 29 heavy (non-hydrogen) atoms. The molecule has 1 atom stereocenters. The number of rotatable bonds is 6. The Morgan fingerprint density at radius 1 is 1.03 bits per heavy atom. The number of hydrogen-bond donors (Lipinski definition) is 1. The van der Waals surface area contributed by atoms with Crippen LogP contribution in [0.15, 0.2) is 63.8 Å². The van der Waals surface area contributed by atoms with Crippen LogP contribution in [0.1, 0.15) is 0 Å². The van der Waals surface area contributed by atoms with Crippen LogP contribution in [-0.4, -0.2) is 55.6 Å². The van der Waals surface area contributed by atoms with Crippen molar-refractivity contribution in [2.75, 3.05) is 39.5 Å². The summed E-state index contributed by atoms with van der Waals surface area (Å²) in [5.74, 6) is 0.444. The maximum absolute atomic E-state index is 12.7. The van der Waals surface area contributed by atoms with E-state index in [-0.39, 0.29) is 19.0 Å². The fraction of sp³-hybridized carbons (Fsp3) is 0.318. The van der Waals surface area contributed by atoms with Crippen molar-refractivity contribution in [3.05, 3.63) is 65.0 Å². The van der Waals surface area contributed by atoms with Crippen molar-refractivity contribution in [1.82, 2.24) is 4.90 Å². The van der Waals surface area contributed by atoms with Crippen molar-refractivity contribution < 1.29 is 19.0 Å². The third kappa shape index (κ3) is 4.97. The lowest BCUT2D eigenvalue weighted by Gasteiger charge is -2.28. The number of fused-ring (bicyclic) bond motifs is 1. The number of benzene rings is 2. The highest BCUT2D eigenvalue weighted by Crippen LogP contribution is 2.34. The van der Waals surface area contributed by atoms with Gasteiger partial charge in [0, 0.05) is 19.6 Å². The van der Waals surface area contributed by atoms with E-state index in [1.807, 2.05) is 48.5 Å². The molecule has 1 saturated heterocycles. The smallest absolute Gasteiger partial charge is 0.347 e. The molecule has 0 radical (unpaired) electrons. The van der Waals surface area contributed by atoms with Gasteiger partial charge in [0.25, 0.3) is 0 Å². The molecule has 3 aromatic rings. The number of aliphatic hydroxyl groups is 1. The third-order valence-electron chi connectivity index (χ3n) is 4.82. The first kappa shape index (κ1) is 21.3. The number of halogens is 1. The minimum atomic E-state index is -0.673. The van der Waals surface area contributed by atoms with Gasteiger partial charge >= 0.3 is 5.63 Å². The quantitative estimate of drug-likeness (QED) is 0.622. The van der Waals surface area contributed by atoms with Crippen LogP contribution < -0.4 is 10.4 Å². The topological polar surface area (TPSA) is 72.1 Å². The predicted octanol–water partition coefficient (Wildman–Crippen LogP) is 2.95. The minimum absolute atomic E-state index is 0. The summed E-state index contributed by atoms with van der Waals surface area (Å²) >= 11 is 0. The van der Waals surface area contributed by atoms with Gasteiger partial charge in [0.1, 0.15) is 29.6 Å². The number of ether oxygens (including phenoxy) is 2. The molecule has 0 spiro atoms. The molecule has 7 heteroatoms. The van der Waals surface area contributed by atoms with E-state index >= 15 is 0 Å². The van der Waals surface area contributed by atoms with E-state index in [0.717, 1.165) is 18.7 Å². The Balaban J connectivity index is 0.00000240. The van der Waals surface area contributed by atoms with Gasteiger partial charge in [-0.15, -0.1) is 12.4 Å². The molecule has 1 aliphatic heterocycles. The van der Waals surface area contributed by atoms with Crippen LogP contribution in [0.2, 0.25) is 0 Å². The molecule has 2 heterocycles. The van der Waals surface area contributed by atoms with Crippen molar-refractivity contribution in [2.45, 2.75) is 6.10 Å². The number of hydrogen-bond acceptors (Lipinski definition) is 6. The summed E-state index contributed by atoms with van der Waals surface area (Å²) in [6.45, 7) is 3.54. The van der Waals surface area contributed by atoms with Gasteiger partial charge in [0.05, 0.1) is 18.6 Å². The molecule has 1 N–H and O–H groups in total. The standard InChI is InChI=1S/C22H23NO5.ClH/c24-17(14-23-10-12-26-13-11-23)15-27-21-18-8-4-5-9-19(18)28-22(25)20(21)16-6-2-1-3-7-16;/h1-9,17,24H,10-15H2;1H. The zero-order valence-electron chi connectivity index (χ0n) is 16.0. The Hall–Kier alpha value is -2.38. The fourth-order valence-electron chi connectivity index (χ4n) is 3.44. The first-order valence-electron chi connectivity index (χ1n) is 9.44. The van der Waals surface area contributed by atoms with E-state index in [2.05, 4.69) is 4.90 Å². The number of β-amino-alcohol motifs (C(OH)–C–C–N with tert-alkyl or cyclic N) is 1. The molecular weight excluding hydrogens is 394 g/mol. The van der Waals surface area contributed by atoms with Crippen LogP contribution >= 0.6 is 12.4 Å². The summed E-state index contributed by atoms with van der Waals surface area (Å²) in [6.07, 6.45) is -0.673. The fourth-order valence-corrected chi connectivity index (χ4v) is 3.44. The average Bonchev–Trinajstić information content (AvgIpc) is 2.73. The average molecular weight is 418 g/mol. The molecule has 1 aromatic heterocycles. The van der Waals surface area contributed by atoms with Crippen LogP contribution in [0.4, 0.5) is 0 Å². The molecule has 2 aromatic carbocycles. The predicted molar refractivity (Wildman–Crippen MR) is 114 cm³/mol. The zero-order valence-corrected chi connectivity index (χ0v) is 16.8. The van der Waals surface area contributed by atoms with Crippen molar-refractivity contribution in [3.63, 3.8) is 0 Å². The van der Waals surface area contributed by atoms with Crippen molar-refractivity contribution >= 4 is 23.4 Å². The summed E-state index contributed by atoms with van der Waals surface area (Å²) in [5, 5.41) is 11.2. The van der Waals surface area contributed by atoms with Gasteiger partial charge in [-0.2, -0.15) is 0 Å². The van der Waals surface area contributed by atoms with E-state index in [4.69, 9.17) is 13.9 Å². The maximum Gasteiger partial charge on any atom is 0.347 e. The second-order valence-corrected chi connectivity index (χ2v) is 6.83. The van der Waals surface area contributed by atoms with Crippen LogP contribution in [0.25, 0.3) is 22.1 Å². The Labute approximate surface area is 175 Å². The van der Waals surface area contributed by atoms with E-state index in [0.29, 0.717) is 42.0 Å². The molecular formula is C22H24ClNO5. The Bertz CT molecular complexity index is 985. The molecule has 154 valence electrons. The second kappa shape index (κ2) is 9.89. The normalized spacial score (nSPS) is 15.6. The lowest BCUT2D eigenvalue weighted by atomic mass is 10.0. The molecule has 1 unspecified atom stereocenters. The van der Waals surface area contributed by atoms with E-state index in [1.54, 1.807) is 6.07 Å². The van der Waals surface area contributed by atoms with Gasteiger partial charge in [-0.05, 0) is 17.7 Å². The monoisotopic (exact) mass is 417 g/mol. The molecule has 0 saturated carbocycles. The van der Waals surface area contributed by atoms with Crippen LogP contribution in [0.3, 0.4) is 0 Å². The highest BCUT2D eigenvalue weighted by Gasteiger charge is 2.20. The number of nitrogens with zero attached hydrogens (tertiary/aromatic N) is 1. The highest BCUT2D eigenvalue weighted by molar-refractivity contribution is 5.90. The lowest BCUT2D eigenvalue weighted by molar-refractivity contribution is 0.00481. The second-order valence-electron chi connectivity index (χ2n) is 6.83. The van der Waals surface area contributed by atoms with E-state index < -0.39 is 11.7 Å². The summed E-state index contributed by atoms with van der Waals surface area (Å²) in [4.78, 5) is 14.8. The molecule has 6 nitrogen and oxygen atoms in total.